The summed E-state index contributed by atoms with van der Waals surface area (Å²) in [5.74, 6) is -0.481. The Hall–Kier alpha value is -3.28. The highest BCUT2D eigenvalue weighted by atomic mass is 16.2. The van der Waals surface area contributed by atoms with E-state index in [-0.39, 0.29) is 23.6 Å². The third-order valence-corrected chi connectivity index (χ3v) is 4.95. The Labute approximate surface area is 156 Å². The highest BCUT2D eigenvalue weighted by Gasteiger charge is 2.34. The molecule has 0 saturated heterocycles. The zero-order chi connectivity index (χ0) is 19.0. The van der Waals surface area contributed by atoms with Gasteiger partial charge in [-0.3, -0.25) is 14.4 Å². The summed E-state index contributed by atoms with van der Waals surface area (Å²) in [5, 5.41) is 5.59. The molecule has 0 aromatic heterocycles. The Balaban J connectivity index is 1.54. The van der Waals surface area contributed by atoms with Crippen LogP contribution in [-0.4, -0.2) is 23.4 Å². The van der Waals surface area contributed by atoms with Gasteiger partial charge in [0.15, 0.2) is 0 Å². The molecule has 2 N–H and O–H groups in total. The second-order valence-corrected chi connectivity index (χ2v) is 6.85. The first-order valence-electron chi connectivity index (χ1n) is 8.95. The molecule has 6 nitrogen and oxygen atoms in total. The van der Waals surface area contributed by atoms with E-state index in [1.165, 1.54) is 12.5 Å². The number of hydrogen-bond acceptors (Lipinski definition) is 3. The lowest BCUT2D eigenvalue weighted by molar-refractivity contribution is -0.117. The van der Waals surface area contributed by atoms with Crippen LogP contribution in [0, 0.1) is 5.92 Å². The van der Waals surface area contributed by atoms with E-state index in [2.05, 4.69) is 15.6 Å². The molecule has 1 unspecified atom stereocenters. The number of aliphatic imine (C=N–C) groups is 1. The quantitative estimate of drug-likeness (QED) is 0.849. The van der Waals surface area contributed by atoms with Crippen LogP contribution in [0.25, 0.3) is 0 Å². The van der Waals surface area contributed by atoms with E-state index in [0.29, 0.717) is 17.0 Å². The van der Waals surface area contributed by atoms with Gasteiger partial charge in [-0.25, -0.2) is 4.99 Å². The molecule has 6 heteroatoms. The average molecular weight is 361 g/mol. The topological polar surface area (TPSA) is 87.6 Å². The van der Waals surface area contributed by atoms with Crippen LogP contribution in [-0.2, 0) is 9.59 Å². The number of hydrogen-bond donors (Lipinski definition) is 2. The number of fused-ring (bicyclic) bond motifs is 2. The second-order valence-electron chi connectivity index (χ2n) is 6.85. The maximum atomic E-state index is 12.4. The predicted octanol–water partition coefficient (Wildman–Crippen LogP) is 2.91. The molecule has 1 atom stereocenters. The van der Waals surface area contributed by atoms with E-state index < -0.39 is 0 Å². The number of allylic oxidation sites excluding steroid dienone is 3. The Morgan fingerprint density at radius 2 is 1.96 bits per heavy atom. The fourth-order valence-corrected chi connectivity index (χ4v) is 3.74. The lowest BCUT2D eigenvalue weighted by Crippen LogP contribution is -2.35. The first-order chi connectivity index (χ1) is 13.0. The molecule has 1 heterocycles. The number of nitrogens with zero attached hydrogens (tertiary/aromatic N) is 1. The third kappa shape index (κ3) is 3.38. The van der Waals surface area contributed by atoms with Crippen molar-refractivity contribution in [3.63, 3.8) is 0 Å². The standard InChI is InChI=1S/C21H19N3O3/c1-12(25)22-14-7-5-13(6-8-14)20(26)23-15-9-10-17-16-3-2-4-18(16)21(27)24-19(17)11-15/h5-11,17H,2-4H2,1H3,(H,22,25)(H,24,27). The molecule has 0 bridgehead atoms. The Morgan fingerprint density at radius 1 is 1.19 bits per heavy atom. The summed E-state index contributed by atoms with van der Waals surface area (Å²) in [7, 11) is 0. The molecule has 4 rings (SSSR count). The smallest absolute Gasteiger partial charge is 0.277 e. The van der Waals surface area contributed by atoms with Gasteiger partial charge in [0.1, 0.15) is 0 Å². The summed E-state index contributed by atoms with van der Waals surface area (Å²) in [6, 6.07) is 6.57. The zero-order valence-electron chi connectivity index (χ0n) is 14.9. The van der Waals surface area contributed by atoms with Crippen LogP contribution < -0.4 is 10.6 Å². The maximum Gasteiger partial charge on any atom is 0.277 e. The highest BCUT2D eigenvalue weighted by molar-refractivity contribution is 6.14. The van der Waals surface area contributed by atoms with Crippen molar-refractivity contribution in [3.8, 4) is 0 Å². The van der Waals surface area contributed by atoms with Crippen LogP contribution in [0.5, 0.6) is 0 Å². The summed E-state index contributed by atoms with van der Waals surface area (Å²) < 4.78 is 0. The predicted molar refractivity (Wildman–Crippen MR) is 102 cm³/mol. The van der Waals surface area contributed by atoms with Gasteiger partial charge in [0.2, 0.25) is 5.91 Å². The summed E-state index contributed by atoms with van der Waals surface area (Å²) in [5.41, 5.74) is 4.46. The van der Waals surface area contributed by atoms with E-state index in [9.17, 15) is 14.4 Å². The molecule has 1 aromatic carbocycles. The maximum absolute atomic E-state index is 12.4. The van der Waals surface area contributed by atoms with Gasteiger partial charge < -0.3 is 10.6 Å². The van der Waals surface area contributed by atoms with Gasteiger partial charge in [-0.15, -0.1) is 0 Å². The molecule has 1 aliphatic heterocycles. The van der Waals surface area contributed by atoms with Crippen molar-refractivity contribution in [3.05, 3.63) is 64.9 Å². The van der Waals surface area contributed by atoms with E-state index in [4.69, 9.17) is 0 Å². The third-order valence-electron chi connectivity index (χ3n) is 4.95. The largest absolute Gasteiger partial charge is 0.326 e. The van der Waals surface area contributed by atoms with Gasteiger partial charge in [-0.05, 0) is 61.3 Å². The van der Waals surface area contributed by atoms with Gasteiger partial charge in [0, 0.05) is 35.4 Å². The monoisotopic (exact) mass is 361 g/mol. The molecule has 0 radical (unpaired) electrons. The minimum absolute atomic E-state index is 0.0282. The molecular weight excluding hydrogens is 342 g/mol. The number of amides is 3. The van der Waals surface area contributed by atoms with Crippen LogP contribution in [0.15, 0.2) is 64.3 Å². The van der Waals surface area contributed by atoms with Crippen LogP contribution in [0.1, 0.15) is 36.5 Å². The van der Waals surface area contributed by atoms with Crippen molar-refractivity contribution in [2.45, 2.75) is 26.2 Å². The minimum atomic E-state index is -0.373. The second kappa shape index (κ2) is 6.79. The van der Waals surface area contributed by atoms with E-state index in [1.54, 1.807) is 30.3 Å². The van der Waals surface area contributed by atoms with E-state index in [0.717, 1.165) is 30.5 Å². The summed E-state index contributed by atoms with van der Waals surface area (Å²) >= 11 is 0. The number of nitrogens with one attached hydrogen (secondary N) is 2. The van der Waals surface area contributed by atoms with Crippen molar-refractivity contribution in [1.82, 2.24) is 5.32 Å². The van der Waals surface area contributed by atoms with E-state index >= 15 is 0 Å². The van der Waals surface area contributed by atoms with Gasteiger partial charge in [-0.1, -0.05) is 6.08 Å². The molecule has 3 amide bonds. The van der Waals surface area contributed by atoms with Gasteiger partial charge in [-0.2, -0.15) is 0 Å². The molecule has 0 fully saturated rings. The molecule has 3 aliphatic rings. The SMILES string of the molecule is CC(=O)Nc1ccc(C(=O)N=C2C=CC3C(=C2)NC(=O)C2=C3CCC2)cc1. The fraction of sp³-hybridized carbons (Fsp3) is 0.238. The number of carbonyl (C=O) groups is 3. The Kier molecular flexibility index (Phi) is 4.32. The number of carbonyl (C=O) groups excluding carboxylic acids is 3. The van der Waals surface area contributed by atoms with Gasteiger partial charge >= 0.3 is 0 Å². The van der Waals surface area contributed by atoms with Crippen molar-refractivity contribution >= 4 is 29.1 Å². The molecule has 0 saturated carbocycles. The number of anilines is 1. The highest BCUT2D eigenvalue weighted by Crippen LogP contribution is 2.39. The lowest BCUT2D eigenvalue weighted by Gasteiger charge is -2.28. The van der Waals surface area contributed by atoms with Crippen LogP contribution >= 0.6 is 0 Å². The van der Waals surface area contributed by atoms with E-state index in [1.807, 2.05) is 12.2 Å². The van der Waals surface area contributed by atoms with Gasteiger partial charge in [0.25, 0.3) is 11.8 Å². The molecule has 2 aliphatic carbocycles. The van der Waals surface area contributed by atoms with Crippen molar-refractivity contribution < 1.29 is 14.4 Å². The van der Waals surface area contributed by atoms with Crippen molar-refractivity contribution in [2.75, 3.05) is 5.32 Å². The molecule has 27 heavy (non-hydrogen) atoms. The van der Waals surface area contributed by atoms with Crippen LogP contribution in [0.2, 0.25) is 0 Å². The summed E-state index contributed by atoms with van der Waals surface area (Å²) in [6.45, 7) is 1.43. The number of rotatable bonds is 2. The van der Waals surface area contributed by atoms with Gasteiger partial charge in [0.05, 0.1) is 5.71 Å². The normalized spacial score (nSPS) is 22.1. The van der Waals surface area contributed by atoms with Crippen LogP contribution in [0.3, 0.4) is 0 Å². The van der Waals surface area contributed by atoms with Crippen molar-refractivity contribution in [1.29, 1.82) is 0 Å². The molecule has 0 spiro atoms. The van der Waals surface area contributed by atoms with Crippen molar-refractivity contribution in [2.24, 2.45) is 10.9 Å². The average Bonchev–Trinajstić information content (AvgIpc) is 3.12. The summed E-state index contributed by atoms with van der Waals surface area (Å²) in [6.07, 6.45) is 8.41. The Bertz CT molecular complexity index is 965. The summed E-state index contributed by atoms with van der Waals surface area (Å²) in [4.78, 5) is 39.9. The zero-order valence-corrected chi connectivity index (χ0v) is 14.9. The first-order valence-corrected chi connectivity index (χ1v) is 8.95. The lowest BCUT2D eigenvalue weighted by atomic mass is 9.85. The minimum Gasteiger partial charge on any atom is -0.326 e. The molecule has 1 aromatic rings. The van der Waals surface area contributed by atoms with Crippen LogP contribution in [0.4, 0.5) is 5.69 Å². The molecule has 136 valence electrons. The number of benzene rings is 1. The first kappa shape index (κ1) is 17.1. The molecular formula is C21H19N3O3. The Morgan fingerprint density at radius 3 is 2.70 bits per heavy atom. The fourth-order valence-electron chi connectivity index (χ4n) is 3.74.